The first-order valence-electron chi connectivity index (χ1n) is 7.61. The number of aliphatic hydroxyl groups is 1. The topological polar surface area (TPSA) is 68.0 Å². The average Bonchev–Trinajstić information content (AvgIpc) is 2.58. The van der Waals surface area contributed by atoms with Gasteiger partial charge in [0.05, 0.1) is 0 Å². The van der Waals surface area contributed by atoms with E-state index in [-0.39, 0.29) is 0 Å². The number of rotatable bonds is 2. The normalized spacial score (nSPS) is 18.7. The molecule has 3 N–H and O–H groups in total. The van der Waals surface area contributed by atoms with Gasteiger partial charge >= 0.3 is 0 Å². The zero-order valence-corrected chi connectivity index (χ0v) is 12.6. The molecule has 1 atom stereocenters. The van der Waals surface area contributed by atoms with Gasteiger partial charge in [-0.25, -0.2) is 0 Å². The van der Waals surface area contributed by atoms with Gasteiger partial charge < -0.3 is 25.2 Å². The fraction of sp³-hybridized carbons (Fsp3) is 0.222. The van der Waals surface area contributed by atoms with E-state index in [2.05, 4.69) is 0 Å². The lowest BCUT2D eigenvalue weighted by atomic mass is 10.00. The highest BCUT2D eigenvalue weighted by atomic mass is 16.6. The summed E-state index contributed by atoms with van der Waals surface area (Å²) in [7, 11) is 0. The quantitative estimate of drug-likeness (QED) is 0.834. The largest absolute Gasteiger partial charge is 0.486 e. The van der Waals surface area contributed by atoms with Gasteiger partial charge in [0.25, 0.3) is 0 Å². The van der Waals surface area contributed by atoms with Crippen molar-refractivity contribution in [3.63, 3.8) is 0 Å². The van der Waals surface area contributed by atoms with Crippen molar-refractivity contribution in [3.05, 3.63) is 59.3 Å². The van der Waals surface area contributed by atoms with E-state index >= 15 is 0 Å². The maximum absolute atomic E-state index is 10.6. The van der Waals surface area contributed by atoms with Gasteiger partial charge in [0, 0.05) is 29.6 Å². The smallest absolute Gasteiger partial charge is 0.161 e. The Labute approximate surface area is 134 Å². The van der Waals surface area contributed by atoms with Crippen LogP contribution >= 0.6 is 0 Å². The molecule has 4 rings (SSSR count). The van der Waals surface area contributed by atoms with Gasteiger partial charge in [0.2, 0.25) is 0 Å². The molecule has 23 heavy (non-hydrogen) atoms. The first-order chi connectivity index (χ1) is 11.2. The van der Waals surface area contributed by atoms with Gasteiger partial charge in [-0.3, -0.25) is 0 Å². The molecule has 0 radical (unpaired) electrons. The van der Waals surface area contributed by atoms with Crippen LogP contribution in [0.2, 0.25) is 0 Å². The lowest BCUT2D eigenvalue weighted by Gasteiger charge is -2.32. The van der Waals surface area contributed by atoms with Crippen molar-refractivity contribution >= 4 is 11.8 Å². The van der Waals surface area contributed by atoms with Crippen molar-refractivity contribution in [1.82, 2.24) is 4.90 Å². The fourth-order valence-electron chi connectivity index (χ4n) is 2.99. The number of nitrogens with zero attached hydrogens (tertiary/aromatic N) is 1. The van der Waals surface area contributed by atoms with Gasteiger partial charge in [-0.2, -0.15) is 0 Å². The van der Waals surface area contributed by atoms with E-state index in [1.807, 2.05) is 53.6 Å². The van der Waals surface area contributed by atoms with E-state index in [0.29, 0.717) is 25.4 Å². The number of nitrogens with two attached hydrogens (primary N) is 1. The highest BCUT2D eigenvalue weighted by Crippen LogP contribution is 2.35. The van der Waals surface area contributed by atoms with Crippen molar-refractivity contribution in [3.8, 4) is 11.5 Å². The summed E-state index contributed by atoms with van der Waals surface area (Å²) >= 11 is 0. The number of aliphatic hydroxyl groups excluding tert-OH is 1. The minimum atomic E-state index is -0.716. The van der Waals surface area contributed by atoms with Crippen LogP contribution in [0.25, 0.3) is 6.08 Å². The summed E-state index contributed by atoms with van der Waals surface area (Å²) in [6.45, 7) is 1.72. The summed E-state index contributed by atoms with van der Waals surface area (Å²) < 4.78 is 11.1. The number of hydrogen-bond acceptors (Lipinski definition) is 5. The van der Waals surface area contributed by atoms with Gasteiger partial charge in [-0.15, -0.1) is 0 Å². The summed E-state index contributed by atoms with van der Waals surface area (Å²) in [5.74, 6) is 1.53. The van der Waals surface area contributed by atoms with Crippen LogP contribution in [-0.4, -0.2) is 23.2 Å². The maximum atomic E-state index is 10.6. The van der Waals surface area contributed by atoms with E-state index < -0.39 is 6.23 Å². The predicted molar refractivity (Wildman–Crippen MR) is 87.8 cm³/mol. The lowest BCUT2D eigenvalue weighted by molar-refractivity contribution is 0.0296. The van der Waals surface area contributed by atoms with Crippen molar-refractivity contribution in [2.45, 2.75) is 12.8 Å². The van der Waals surface area contributed by atoms with E-state index in [0.717, 1.165) is 28.2 Å². The number of nitrogen functional groups attached to an aromatic ring is 1. The Kier molecular flexibility index (Phi) is 3.35. The highest BCUT2D eigenvalue weighted by Gasteiger charge is 2.23. The third kappa shape index (κ3) is 2.49. The fourth-order valence-corrected chi connectivity index (χ4v) is 2.99. The Balaban J connectivity index is 1.59. The molecule has 118 valence electrons. The Morgan fingerprint density at radius 1 is 1.13 bits per heavy atom. The second-order valence-electron chi connectivity index (χ2n) is 5.69. The SMILES string of the molecule is Nc1cccc2c1C=CN(Cc1ccc3c(c1)OCCO3)C2O. The van der Waals surface area contributed by atoms with Crippen molar-refractivity contribution in [2.75, 3.05) is 18.9 Å². The summed E-state index contributed by atoms with van der Waals surface area (Å²) in [5, 5.41) is 10.6. The van der Waals surface area contributed by atoms with Crippen molar-refractivity contribution < 1.29 is 14.6 Å². The molecule has 0 aromatic heterocycles. The molecule has 5 heteroatoms. The molecule has 2 aromatic carbocycles. The molecular weight excluding hydrogens is 292 g/mol. The Morgan fingerprint density at radius 3 is 2.83 bits per heavy atom. The zero-order valence-electron chi connectivity index (χ0n) is 12.6. The molecule has 0 saturated carbocycles. The van der Waals surface area contributed by atoms with E-state index in [9.17, 15) is 5.11 Å². The third-order valence-electron chi connectivity index (χ3n) is 4.17. The molecule has 0 amide bonds. The zero-order chi connectivity index (χ0) is 15.8. The van der Waals surface area contributed by atoms with Crippen molar-refractivity contribution in [1.29, 1.82) is 0 Å². The molecule has 2 heterocycles. The van der Waals surface area contributed by atoms with E-state index in [1.165, 1.54) is 0 Å². The molecule has 1 unspecified atom stereocenters. The van der Waals surface area contributed by atoms with E-state index in [1.54, 1.807) is 0 Å². The minimum Gasteiger partial charge on any atom is -0.486 e. The molecule has 0 bridgehead atoms. The number of ether oxygens (including phenoxy) is 2. The Bertz CT molecular complexity index is 773. The van der Waals surface area contributed by atoms with Crippen LogP contribution < -0.4 is 15.2 Å². The van der Waals surface area contributed by atoms with Crippen LogP contribution in [0.4, 0.5) is 5.69 Å². The van der Waals surface area contributed by atoms with E-state index in [4.69, 9.17) is 15.2 Å². The molecular formula is C18H18N2O3. The molecule has 0 fully saturated rings. The summed E-state index contributed by atoms with van der Waals surface area (Å²) in [6, 6.07) is 11.5. The Morgan fingerprint density at radius 2 is 1.96 bits per heavy atom. The molecule has 5 nitrogen and oxygen atoms in total. The molecule has 0 spiro atoms. The van der Waals surface area contributed by atoms with Crippen LogP contribution in [0.5, 0.6) is 11.5 Å². The standard InChI is InChI=1S/C18H18N2O3/c19-15-3-1-2-14-13(15)6-7-20(18(14)21)11-12-4-5-16-17(10-12)23-9-8-22-16/h1-7,10,18,21H,8-9,11,19H2. The summed E-state index contributed by atoms with van der Waals surface area (Å²) in [6.07, 6.45) is 3.10. The van der Waals surface area contributed by atoms with Crippen LogP contribution in [-0.2, 0) is 6.54 Å². The number of benzene rings is 2. The van der Waals surface area contributed by atoms with Gasteiger partial charge in [-0.05, 0) is 29.8 Å². The third-order valence-corrected chi connectivity index (χ3v) is 4.17. The average molecular weight is 310 g/mol. The summed E-state index contributed by atoms with van der Waals surface area (Å²) in [5.41, 5.74) is 9.40. The van der Waals surface area contributed by atoms with Gasteiger partial charge in [-0.1, -0.05) is 18.2 Å². The lowest BCUT2D eigenvalue weighted by Crippen LogP contribution is -2.26. The second-order valence-corrected chi connectivity index (χ2v) is 5.69. The predicted octanol–water partition coefficient (Wildman–Crippen LogP) is 2.52. The van der Waals surface area contributed by atoms with Gasteiger partial charge in [0.15, 0.2) is 17.7 Å². The first kappa shape index (κ1) is 14.0. The van der Waals surface area contributed by atoms with Gasteiger partial charge in [0.1, 0.15) is 13.2 Å². The number of hydrogen-bond donors (Lipinski definition) is 2. The molecule has 0 aliphatic carbocycles. The monoisotopic (exact) mass is 310 g/mol. The van der Waals surface area contributed by atoms with Crippen molar-refractivity contribution in [2.24, 2.45) is 0 Å². The van der Waals surface area contributed by atoms with Crippen LogP contribution in [0.1, 0.15) is 22.9 Å². The van der Waals surface area contributed by atoms with Crippen LogP contribution in [0.15, 0.2) is 42.6 Å². The second kappa shape index (κ2) is 5.52. The molecule has 2 aromatic rings. The van der Waals surface area contributed by atoms with Crippen LogP contribution in [0, 0.1) is 0 Å². The Hall–Kier alpha value is -2.66. The molecule has 0 saturated heterocycles. The molecule has 2 aliphatic rings. The number of anilines is 1. The van der Waals surface area contributed by atoms with Crippen LogP contribution in [0.3, 0.4) is 0 Å². The minimum absolute atomic E-state index is 0.565. The first-order valence-corrected chi connectivity index (χ1v) is 7.61. The maximum Gasteiger partial charge on any atom is 0.161 e. The number of fused-ring (bicyclic) bond motifs is 2. The molecule has 2 aliphatic heterocycles. The summed E-state index contributed by atoms with van der Waals surface area (Å²) in [4.78, 5) is 1.87. The highest BCUT2D eigenvalue weighted by molar-refractivity contribution is 5.69.